The lowest BCUT2D eigenvalue weighted by Gasteiger charge is -2.17. The van der Waals surface area contributed by atoms with E-state index >= 15 is 0 Å². The first-order valence-electron chi connectivity index (χ1n) is 12.4. The van der Waals surface area contributed by atoms with Crippen molar-refractivity contribution in [1.82, 2.24) is 0 Å². The fourth-order valence-corrected chi connectivity index (χ4v) is 3.59. The molecule has 0 spiro atoms. The number of allylic oxidation sites excluding steroid dienone is 11. The van der Waals surface area contributed by atoms with Gasteiger partial charge in [-0.3, -0.25) is 0 Å². The molecule has 1 saturated heterocycles. The summed E-state index contributed by atoms with van der Waals surface area (Å²) in [5.41, 5.74) is 8.99. The maximum absolute atomic E-state index is 5.18. The molecular weight excluding hydrogens is 392 g/mol. The van der Waals surface area contributed by atoms with Gasteiger partial charge in [-0.25, -0.2) is 0 Å². The molecule has 0 aliphatic carbocycles. The molecule has 32 heavy (non-hydrogen) atoms. The first-order chi connectivity index (χ1) is 14.9. The molecule has 1 fully saturated rings. The Labute approximate surface area is 199 Å². The van der Waals surface area contributed by atoms with Crippen molar-refractivity contribution in [3.05, 3.63) is 69.9 Å². The predicted octanol–water partition coefficient (Wildman–Crippen LogP) is 8.77. The summed E-state index contributed by atoms with van der Waals surface area (Å²) in [5.74, 6) is 0. The van der Waals surface area contributed by atoms with E-state index in [0.29, 0.717) is 0 Å². The van der Waals surface area contributed by atoms with Gasteiger partial charge in [-0.2, -0.15) is 0 Å². The monoisotopic (exact) mass is 442 g/mol. The topological polar surface area (TPSA) is 40.7 Å². The molecule has 1 heterocycles. The molecule has 1 aliphatic heterocycles. The lowest BCUT2D eigenvalue weighted by Crippen LogP contribution is -2.15. The molecule has 0 atom stereocenters. The molecule has 0 unspecified atom stereocenters. The summed E-state index contributed by atoms with van der Waals surface area (Å²) < 4.78 is 5.18. The third-order valence-corrected chi connectivity index (χ3v) is 5.85. The summed E-state index contributed by atoms with van der Waals surface area (Å²) in [6.07, 6.45) is 26.2. The van der Waals surface area contributed by atoms with Gasteiger partial charge >= 0.3 is 0 Å². The van der Waals surface area contributed by atoms with Crippen LogP contribution in [0.2, 0.25) is 0 Å². The minimum absolute atomic E-state index is 0. The summed E-state index contributed by atoms with van der Waals surface area (Å²) in [4.78, 5) is 0. The highest BCUT2D eigenvalue weighted by Gasteiger charge is 2.06. The fourth-order valence-electron chi connectivity index (χ4n) is 3.59. The van der Waals surface area contributed by atoms with Gasteiger partial charge in [0.05, 0.1) is 13.2 Å². The summed E-state index contributed by atoms with van der Waals surface area (Å²) in [7, 11) is 0. The molecule has 0 aromatic carbocycles. The third-order valence-electron chi connectivity index (χ3n) is 5.85. The van der Waals surface area contributed by atoms with Crippen molar-refractivity contribution in [2.75, 3.05) is 13.2 Å². The van der Waals surface area contributed by atoms with Crippen LogP contribution < -0.4 is 0 Å². The van der Waals surface area contributed by atoms with E-state index in [1.165, 1.54) is 91.2 Å². The molecule has 0 aromatic rings. The number of hydrogen-bond donors (Lipinski definition) is 0. The lowest BCUT2D eigenvalue weighted by atomic mass is 10.0. The first kappa shape index (κ1) is 30.4. The van der Waals surface area contributed by atoms with Crippen LogP contribution in [-0.4, -0.2) is 18.7 Å². The smallest absolute Gasteiger partial charge is 0.0703 e. The van der Waals surface area contributed by atoms with Crippen LogP contribution in [0.15, 0.2) is 69.9 Å². The molecular formula is C30H50O2. The average Bonchev–Trinajstić information content (AvgIpc) is 2.67. The Kier molecular flexibility index (Phi) is 17.9. The lowest BCUT2D eigenvalue weighted by molar-refractivity contribution is 0.102. The zero-order valence-corrected chi connectivity index (χ0v) is 21.9. The van der Waals surface area contributed by atoms with Crippen molar-refractivity contribution in [2.24, 2.45) is 0 Å². The van der Waals surface area contributed by atoms with Crippen LogP contribution in [0.3, 0.4) is 0 Å². The summed E-state index contributed by atoms with van der Waals surface area (Å²) >= 11 is 0. The fraction of sp³-hybridized carbons (Fsp3) is 0.600. The van der Waals surface area contributed by atoms with Crippen molar-refractivity contribution >= 4 is 0 Å². The Morgan fingerprint density at radius 1 is 0.562 bits per heavy atom. The van der Waals surface area contributed by atoms with Crippen molar-refractivity contribution in [1.29, 1.82) is 0 Å². The molecule has 182 valence electrons. The third kappa shape index (κ3) is 17.0. The van der Waals surface area contributed by atoms with Gasteiger partial charge in [0.15, 0.2) is 0 Å². The van der Waals surface area contributed by atoms with E-state index in [1.807, 2.05) is 0 Å². The van der Waals surface area contributed by atoms with E-state index in [0.717, 1.165) is 19.6 Å². The SMILES string of the molecule is CC(C)=CCC/C(C)=C/CC/C(C)=C/CC/C=C(\C)CC/C=C(\C)CCC=C1COC1.O. The minimum atomic E-state index is 0. The van der Waals surface area contributed by atoms with Gasteiger partial charge in [-0.15, -0.1) is 0 Å². The quantitative estimate of drug-likeness (QED) is 0.184. The van der Waals surface area contributed by atoms with E-state index in [9.17, 15) is 0 Å². The van der Waals surface area contributed by atoms with E-state index < -0.39 is 0 Å². The second-order valence-corrected chi connectivity index (χ2v) is 9.57. The molecule has 1 aliphatic rings. The van der Waals surface area contributed by atoms with Crippen molar-refractivity contribution in [2.45, 2.75) is 106 Å². The molecule has 1 rings (SSSR count). The molecule has 0 amide bonds. The van der Waals surface area contributed by atoms with Gasteiger partial charge < -0.3 is 10.2 Å². The van der Waals surface area contributed by atoms with Crippen LogP contribution in [0.1, 0.15) is 106 Å². The number of ether oxygens (including phenoxy) is 1. The second kappa shape index (κ2) is 18.9. The average molecular weight is 443 g/mol. The standard InChI is InChI=1S/C30H48O.H2O/c1-25(2)13-9-16-28(5)19-10-17-26(3)14-7-8-15-27(4)18-11-20-29(6)21-12-22-30-23-31-24-30;/h13-15,19-20,22H,7-12,16-18,21,23-24H2,1-6H3;1H2/b26-14+,27-15+,28-19+,29-20+;. The second-order valence-electron chi connectivity index (χ2n) is 9.57. The maximum atomic E-state index is 5.18. The van der Waals surface area contributed by atoms with E-state index in [4.69, 9.17) is 4.74 Å². The Bertz CT molecular complexity index is 688. The zero-order valence-electron chi connectivity index (χ0n) is 21.9. The van der Waals surface area contributed by atoms with Crippen LogP contribution in [0, 0.1) is 0 Å². The van der Waals surface area contributed by atoms with Crippen LogP contribution in [-0.2, 0) is 4.74 Å². The predicted molar refractivity (Wildman–Crippen MR) is 143 cm³/mol. The molecule has 2 heteroatoms. The molecule has 0 aromatic heterocycles. The van der Waals surface area contributed by atoms with Gasteiger partial charge in [-0.1, -0.05) is 64.3 Å². The molecule has 2 N–H and O–H groups in total. The number of unbranched alkanes of at least 4 members (excludes halogenated alkanes) is 1. The van der Waals surface area contributed by atoms with Gasteiger partial charge in [0, 0.05) is 0 Å². The maximum Gasteiger partial charge on any atom is 0.0703 e. The Balaban J connectivity index is 0.00000961. The summed E-state index contributed by atoms with van der Waals surface area (Å²) in [6, 6.07) is 0. The zero-order chi connectivity index (χ0) is 22.9. The molecule has 0 bridgehead atoms. The summed E-state index contributed by atoms with van der Waals surface area (Å²) in [5, 5.41) is 0. The van der Waals surface area contributed by atoms with E-state index in [-0.39, 0.29) is 5.48 Å². The molecule has 0 radical (unpaired) electrons. The first-order valence-corrected chi connectivity index (χ1v) is 12.4. The Morgan fingerprint density at radius 2 is 0.938 bits per heavy atom. The van der Waals surface area contributed by atoms with Crippen LogP contribution >= 0.6 is 0 Å². The number of rotatable bonds is 15. The van der Waals surface area contributed by atoms with Gasteiger partial charge in [0.25, 0.3) is 0 Å². The largest absolute Gasteiger partial charge is 0.412 e. The summed E-state index contributed by atoms with van der Waals surface area (Å²) in [6.45, 7) is 15.2. The number of hydrogen-bond acceptors (Lipinski definition) is 1. The van der Waals surface area contributed by atoms with Crippen molar-refractivity contribution < 1.29 is 10.2 Å². The minimum Gasteiger partial charge on any atom is -0.412 e. The normalized spacial score (nSPS) is 15.2. The Hall–Kier alpha value is -1.64. The van der Waals surface area contributed by atoms with Gasteiger partial charge in [-0.05, 0) is 111 Å². The van der Waals surface area contributed by atoms with Crippen LogP contribution in [0.25, 0.3) is 0 Å². The van der Waals surface area contributed by atoms with Crippen molar-refractivity contribution in [3.8, 4) is 0 Å². The van der Waals surface area contributed by atoms with Gasteiger partial charge in [0.1, 0.15) is 0 Å². The molecule has 2 nitrogen and oxygen atoms in total. The van der Waals surface area contributed by atoms with Crippen LogP contribution in [0.5, 0.6) is 0 Å². The van der Waals surface area contributed by atoms with E-state index in [2.05, 4.69) is 78.0 Å². The highest BCUT2D eigenvalue weighted by molar-refractivity contribution is 5.11. The van der Waals surface area contributed by atoms with Crippen LogP contribution in [0.4, 0.5) is 0 Å². The van der Waals surface area contributed by atoms with E-state index in [1.54, 1.807) is 0 Å². The van der Waals surface area contributed by atoms with Gasteiger partial charge in [0.2, 0.25) is 0 Å². The molecule has 0 saturated carbocycles. The Morgan fingerprint density at radius 3 is 1.31 bits per heavy atom. The highest BCUT2D eigenvalue weighted by atomic mass is 16.5. The van der Waals surface area contributed by atoms with Crippen molar-refractivity contribution in [3.63, 3.8) is 0 Å². The highest BCUT2D eigenvalue weighted by Crippen LogP contribution is 2.15.